The molecule has 0 saturated carbocycles. The lowest BCUT2D eigenvalue weighted by Crippen LogP contribution is -2.48. The normalized spacial score (nSPS) is 15.5. The van der Waals surface area contributed by atoms with Crippen molar-refractivity contribution in [1.29, 1.82) is 0 Å². The Hall–Kier alpha value is -3.55. The van der Waals surface area contributed by atoms with E-state index in [0.29, 0.717) is 22.1 Å². The summed E-state index contributed by atoms with van der Waals surface area (Å²) in [5, 5.41) is 5.20. The summed E-state index contributed by atoms with van der Waals surface area (Å²) in [7, 11) is -3.95. The highest BCUT2D eigenvalue weighted by Crippen LogP contribution is 2.37. The summed E-state index contributed by atoms with van der Waals surface area (Å²) >= 11 is 5.93. The van der Waals surface area contributed by atoms with Gasteiger partial charge in [0.15, 0.2) is 6.10 Å². The molecule has 0 aromatic heterocycles. The number of fused-ring (bicyclic) bond motifs is 2. The second-order valence-electron chi connectivity index (χ2n) is 7.58. The molecule has 0 saturated heterocycles. The molecule has 1 N–H and O–H groups in total. The molecule has 0 bridgehead atoms. The van der Waals surface area contributed by atoms with Crippen LogP contribution in [0.5, 0.6) is 5.75 Å². The zero-order valence-corrected chi connectivity index (χ0v) is 18.9. The number of nitrogens with one attached hydrogen (secondary N) is 1. The molecule has 0 spiro atoms. The second kappa shape index (κ2) is 8.42. The maximum absolute atomic E-state index is 13.5. The Bertz CT molecular complexity index is 1450. The minimum atomic E-state index is -3.95. The van der Waals surface area contributed by atoms with E-state index in [-0.39, 0.29) is 11.4 Å². The first-order chi connectivity index (χ1) is 15.9. The molecule has 33 heavy (non-hydrogen) atoms. The summed E-state index contributed by atoms with van der Waals surface area (Å²) in [5.74, 6) is -0.114. The first-order valence-electron chi connectivity index (χ1n) is 10.3. The van der Waals surface area contributed by atoms with Gasteiger partial charge in [-0.1, -0.05) is 60.1 Å². The predicted molar refractivity (Wildman–Crippen MR) is 129 cm³/mol. The molecular weight excluding hydrogens is 460 g/mol. The van der Waals surface area contributed by atoms with E-state index >= 15 is 0 Å². The molecule has 166 valence electrons. The van der Waals surface area contributed by atoms with Gasteiger partial charge in [0.25, 0.3) is 15.9 Å². The number of hydrogen-bond donors (Lipinski definition) is 1. The van der Waals surface area contributed by atoms with Gasteiger partial charge in [0, 0.05) is 16.1 Å². The van der Waals surface area contributed by atoms with Crippen molar-refractivity contribution >= 4 is 49.7 Å². The van der Waals surface area contributed by atoms with Crippen molar-refractivity contribution in [3.8, 4) is 5.75 Å². The van der Waals surface area contributed by atoms with Gasteiger partial charge in [0.1, 0.15) is 5.75 Å². The Labute approximate surface area is 196 Å². The minimum absolute atomic E-state index is 0.0804. The zero-order valence-electron chi connectivity index (χ0n) is 17.3. The van der Waals surface area contributed by atoms with Crippen LogP contribution >= 0.6 is 11.6 Å². The van der Waals surface area contributed by atoms with Crippen LogP contribution in [0, 0.1) is 0 Å². The number of rotatable bonds is 4. The fourth-order valence-electron chi connectivity index (χ4n) is 3.85. The molecule has 1 aliphatic heterocycles. The van der Waals surface area contributed by atoms with E-state index in [4.69, 9.17) is 16.3 Å². The molecule has 4 aromatic rings. The molecule has 1 heterocycles. The fourth-order valence-corrected chi connectivity index (χ4v) is 5.45. The monoisotopic (exact) mass is 478 g/mol. The fraction of sp³-hybridized carbons (Fsp3) is 0.0800. The lowest BCUT2D eigenvalue weighted by Gasteiger charge is -2.34. The number of amides is 1. The number of ether oxygens (including phenoxy) is 1. The summed E-state index contributed by atoms with van der Waals surface area (Å²) in [6.45, 7) is -0.168. The van der Waals surface area contributed by atoms with Gasteiger partial charge >= 0.3 is 0 Å². The quantitative estimate of drug-likeness (QED) is 0.443. The van der Waals surface area contributed by atoms with Crippen LogP contribution in [-0.4, -0.2) is 27.0 Å². The molecule has 0 fully saturated rings. The largest absolute Gasteiger partial charge is 0.476 e. The maximum Gasteiger partial charge on any atom is 0.267 e. The Balaban J connectivity index is 1.49. The summed E-state index contributed by atoms with van der Waals surface area (Å²) in [6.07, 6.45) is -1.04. The van der Waals surface area contributed by atoms with Crippen LogP contribution in [0.15, 0.2) is 95.9 Å². The van der Waals surface area contributed by atoms with E-state index < -0.39 is 22.0 Å². The van der Waals surface area contributed by atoms with Crippen molar-refractivity contribution in [3.05, 3.63) is 96.0 Å². The first kappa shape index (κ1) is 21.3. The predicted octanol–water partition coefficient (Wildman–Crippen LogP) is 5.09. The highest BCUT2D eigenvalue weighted by Gasteiger charge is 2.37. The lowest BCUT2D eigenvalue weighted by atomic mass is 10.1. The molecule has 1 atom stereocenters. The van der Waals surface area contributed by atoms with Gasteiger partial charge in [0.05, 0.1) is 17.1 Å². The highest BCUT2D eigenvalue weighted by atomic mass is 35.5. The van der Waals surface area contributed by atoms with Crippen LogP contribution in [0.2, 0.25) is 5.02 Å². The lowest BCUT2D eigenvalue weighted by molar-refractivity contribution is -0.122. The second-order valence-corrected chi connectivity index (χ2v) is 9.88. The Morgan fingerprint density at radius 1 is 0.909 bits per heavy atom. The van der Waals surface area contributed by atoms with E-state index in [0.717, 1.165) is 10.8 Å². The number of nitrogens with zero attached hydrogens (tertiary/aromatic N) is 1. The van der Waals surface area contributed by atoms with E-state index in [1.54, 1.807) is 30.3 Å². The van der Waals surface area contributed by atoms with E-state index in [1.165, 1.54) is 28.6 Å². The molecule has 6 nitrogen and oxygen atoms in total. The van der Waals surface area contributed by atoms with Crippen molar-refractivity contribution in [2.75, 3.05) is 16.2 Å². The molecule has 1 unspecified atom stereocenters. The first-order valence-corrected chi connectivity index (χ1v) is 12.1. The Morgan fingerprint density at radius 3 is 2.42 bits per heavy atom. The summed E-state index contributed by atoms with van der Waals surface area (Å²) in [6, 6.07) is 26.0. The van der Waals surface area contributed by atoms with Gasteiger partial charge in [-0.15, -0.1) is 0 Å². The molecule has 0 aliphatic carbocycles. The molecule has 8 heteroatoms. The third-order valence-electron chi connectivity index (χ3n) is 5.48. The number of para-hydroxylation sites is 2. The summed E-state index contributed by atoms with van der Waals surface area (Å²) < 4.78 is 34.0. The minimum Gasteiger partial charge on any atom is -0.476 e. The number of benzene rings is 4. The smallest absolute Gasteiger partial charge is 0.267 e. The van der Waals surface area contributed by atoms with E-state index in [2.05, 4.69) is 5.32 Å². The number of carbonyl (C=O) groups excluding carboxylic acids is 1. The van der Waals surface area contributed by atoms with Gasteiger partial charge in [-0.2, -0.15) is 0 Å². The third kappa shape index (κ3) is 4.01. The average Bonchev–Trinajstić information content (AvgIpc) is 2.84. The van der Waals surface area contributed by atoms with Crippen molar-refractivity contribution < 1.29 is 17.9 Å². The molecule has 1 amide bonds. The van der Waals surface area contributed by atoms with Gasteiger partial charge < -0.3 is 10.1 Å². The molecule has 4 aromatic carbocycles. The molecule has 1 aliphatic rings. The van der Waals surface area contributed by atoms with Crippen LogP contribution in [0.4, 0.5) is 11.4 Å². The van der Waals surface area contributed by atoms with Crippen LogP contribution < -0.4 is 14.4 Å². The number of carbonyl (C=O) groups is 1. The van der Waals surface area contributed by atoms with Crippen LogP contribution in [0.1, 0.15) is 0 Å². The van der Waals surface area contributed by atoms with Crippen LogP contribution in [0.25, 0.3) is 10.8 Å². The Kier molecular flexibility index (Phi) is 5.44. The van der Waals surface area contributed by atoms with Crippen molar-refractivity contribution in [3.63, 3.8) is 0 Å². The van der Waals surface area contributed by atoms with E-state index in [9.17, 15) is 13.2 Å². The number of hydrogen-bond acceptors (Lipinski definition) is 4. The van der Waals surface area contributed by atoms with Crippen molar-refractivity contribution in [2.45, 2.75) is 11.0 Å². The summed E-state index contributed by atoms with van der Waals surface area (Å²) in [5.41, 5.74) is 1.01. The molecular formula is C25H19ClN2O4S. The molecule has 0 radical (unpaired) electrons. The van der Waals surface area contributed by atoms with Gasteiger partial charge in [-0.25, -0.2) is 8.42 Å². The SMILES string of the molecule is O=C(Nc1cccc2ccccc12)C1CN(S(=O)(=O)c2ccc(Cl)cc2)c2ccccc2O1. The molecule has 5 rings (SSSR count). The van der Waals surface area contributed by atoms with Crippen molar-refractivity contribution in [1.82, 2.24) is 0 Å². The zero-order chi connectivity index (χ0) is 23.0. The summed E-state index contributed by atoms with van der Waals surface area (Å²) in [4.78, 5) is 13.3. The van der Waals surface area contributed by atoms with Crippen molar-refractivity contribution in [2.24, 2.45) is 0 Å². The average molecular weight is 479 g/mol. The number of sulfonamides is 1. The maximum atomic E-state index is 13.5. The topological polar surface area (TPSA) is 75.7 Å². The third-order valence-corrected chi connectivity index (χ3v) is 7.52. The van der Waals surface area contributed by atoms with E-state index in [1.807, 2.05) is 36.4 Å². The number of anilines is 2. The Morgan fingerprint density at radius 2 is 1.61 bits per heavy atom. The van der Waals surface area contributed by atoms with Gasteiger partial charge in [-0.3, -0.25) is 9.10 Å². The highest BCUT2D eigenvalue weighted by molar-refractivity contribution is 7.92. The van der Waals surface area contributed by atoms with Gasteiger partial charge in [-0.05, 0) is 47.9 Å². The van der Waals surface area contributed by atoms with Crippen LogP contribution in [-0.2, 0) is 14.8 Å². The number of halogens is 1. The van der Waals surface area contributed by atoms with Gasteiger partial charge in [0.2, 0.25) is 0 Å². The standard InChI is InChI=1S/C25H19ClN2O4S/c26-18-12-14-19(15-13-18)33(30,31)28-16-24(32-23-11-4-3-10-22(23)28)25(29)27-21-9-5-7-17-6-1-2-8-20(17)21/h1-15,24H,16H2,(H,27,29). The van der Waals surface area contributed by atoms with Crippen LogP contribution in [0.3, 0.4) is 0 Å².